The standard InChI is InChI=1S/C29H23F4N3O4/c1-14-34-28(36-35-14)16-4-2-15(3-5-16)26-20-8-9-23(27(20)22(30)12-21(26)29(31,32)33)40-18-6-7-19-17(10-25(37)38)13-39-24(19)11-18/h2-7,11-12,17,23H,8-10,13H2,1H3,(H,37,38)(H,34,35,36). The molecule has 1 aliphatic heterocycles. The van der Waals surface area contributed by atoms with E-state index in [4.69, 9.17) is 14.6 Å². The van der Waals surface area contributed by atoms with Crippen LogP contribution < -0.4 is 9.47 Å². The van der Waals surface area contributed by atoms with Crippen LogP contribution in [0.2, 0.25) is 0 Å². The van der Waals surface area contributed by atoms with Crippen LogP contribution in [0, 0.1) is 12.7 Å². The summed E-state index contributed by atoms with van der Waals surface area (Å²) in [5, 5.41) is 15.9. The molecule has 0 saturated heterocycles. The number of halogens is 4. The lowest BCUT2D eigenvalue weighted by Gasteiger charge is -2.21. The zero-order valence-electron chi connectivity index (χ0n) is 21.2. The first-order valence-electron chi connectivity index (χ1n) is 12.7. The monoisotopic (exact) mass is 553 g/mol. The van der Waals surface area contributed by atoms with Crippen LogP contribution in [-0.4, -0.2) is 32.9 Å². The molecule has 0 bridgehead atoms. The van der Waals surface area contributed by atoms with Crippen molar-refractivity contribution < 1.29 is 36.9 Å². The smallest absolute Gasteiger partial charge is 0.417 e. The van der Waals surface area contributed by atoms with Crippen LogP contribution in [0.4, 0.5) is 17.6 Å². The number of hydrogen-bond acceptors (Lipinski definition) is 5. The lowest BCUT2D eigenvalue weighted by Crippen LogP contribution is -2.12. The summed E-state index contributed by atoms with van der Waals surface area (Å²) < 4.78 is 69.5. The lowest BCUT2D eigenvalue weighted by atomic mass is 9.90. The van der Waals surface area contributed by atoms with E-state index in [9.17, 15) is 18.0 Å². The Bertz CT molecular complexity index is 1620. The molecule has 0 spiro atoms. The highest BCUT2D eigenvalue weighted by molar-refractivity contribution is 5.76. The Morgan fingerprint density at radius 3 is 2.58 bits per heavy atom. The molecule has 0 amide bonds. The fraction of sp³-hybridized carbons (Fsp3) is 0.276. The third-order valence-corrected chi connectivity index (χ3v) is 7.30. The van der Waals surface area contributed by atoms with Crippen molar-refractivity contribution >= 4 is 5.97 Å². The Labute approximate surface area is 225 Å². The largest absolute Gasteiger partial charge is 0.492 e. The second kappa shape index (κ2) is 9.65. The highest BCUT2D eigenvalue weighted by atomic mass is 19.4. The van der Waals surface area contributed by atoms with Crippen molar-refractivity contribution in [2.45, 2.75) is 44.4 Å². The van der Waals surface area contributed by atoms with Crippen LogP contribution in [0.5, 0.6) is 11.5 Å². The Morgan fingerprint density at radius 1 is 1.15 bits per heavy atom. The number of aromatic amines is 1. The highest BCUT2D eigenvalue weighted by Crippen LogP contribution is 2.48. The summed E-state index contributed by atoms with van der Waals surface area (Å²) in [6, 6.07) is 11.9. The van der Waals surface area contributed by atoms with Gasteiger partial charge >= 0.3 is 12.1 Å². The van der Waals surface area contributed by atoms with Crippen molar-refractivity contribution in [1.82, 2.24) is 15.2 Å². The molecule has 7 nitrogen and oxygen atoms in total. The third kappa shape index (κ3) is 4.65. The summed E-state index contributed by atoms with van der Waals surface area (Å²) in [4.78, 5) is 15.4. The summed E-state index contributed by atoms with van der Waals surface area (Å²) in [5.74, 6) is -0.316. The van der Waals surface area contributed by atoms with E-state index in [-0.39, 0.29) is 48.5 Å². The van der Waals surface area contributed by atoms with E-state index < -0.39 is 29.6 Å². The summed E-state index contributed by atoms with van der Waals surface area (Å²) in [5.41, 5.74) is 0.928. The van der Waals surface area contributed by atoms with Gasteiger partial charge in [0.2, 0.25) is 0 Å². The molecule has 0 saturated carbocycles. The van der Waals surface area contributed by atoms with Crippen LogP contribution >= 0.6 is 0 Å². The number of hydrogen-bond donors (Lipinski definition) is 2. The predicted molar refractivity (Wildman–Crippen MR) is 136 cm³/mol. The maximum Gasteiger partial charge on any atom is 0.417 e. The number of aromatic nitrogens is 3. The first kappa shape index (κ1) is 25.8. The van der Waals surface area contributed by atoms with Crippen molar-refractivity contribution in [1.29, 1.82) is 0 Å². The number of alkyl halides is 3. The second-order valence-corrected chi connectivity index (χ2v) is 9.94. The van der Waals surface area contributed by atoms with Crippen LogP contribution in [0.1, 0.15) is 52.9 Å². The molecule has 2 N–H and O–H groups in total. The molecule has 206 valence electrons. The minimum atomic E-state index is -4.77. The Balaban J connectivity index is 1.35. The third-order valence-electron chi connectivity index (χ3n) is 7.30. The minimum absolute atomic E-state index is 0.0680. The van der Waals surface area contributed by atoms with Crippen molar-refractivity contribution in [2.24, 2.45) is 0 Å². The molecule has 2 atom stereocenters. The number of nitrogens with one attached hydrogen (secondary N) is 1. The van der Waals surface area contributed by atoms with Crippen LogP contribution in [-0.2, 0) is 17.4 Å². The number of rotatable bonds is 6. The van der Waals surface area contributed by atoms with Crippen molar-refractivity contribution in [2.75, 3.05) is 6.61 Å². The Kier molecular flexibility index (Phi) is 6.24. The van der Waals surface area contributed by atoms with E-state index in [1.165, 1.54) is 0 Å². The number of carboxylic acid groups (broad SMARTS) is 1. The van der Waals surface area contributed by atoms with Gasteiger partial charge in [0.15, 0.2) is 5.82 Å². The van der Waals surface area contributed by atoms with Gasteiger partial charge in [0.1, 0.15) is 29.2 Å². The first-order valence-corrected chi connectivity index (χ1v) is 12.7. The molecule has 11 heteroatoms. The fourth-order valence-electron chi connectivity index (χ4n) is 5.55. The van der Waals surface area contributed by atoms with Gasteiger partial charge in [-0.3, -0.25) is 9.89 Å². The molecular formula is C29H23F4N3O4. The summed E-state index contributed by atoms with van der Waals surface area (Å²) in [6.07, 6.45) is -5.17. The van der Waals surface area contributed by atoms with Gasteiger partial charge in [0, 0.05) is 28.7 Å². The van der Waals surface area contributed by atoms with E-state index in [0.717, 1.165) is 5.56 Å². The van der Waals surface area contributed by atoms with Gasteiger partial charge in [-0.1, -0.05) is 30.3 Å². The van der Waals surface area contributed by atoms with Crippen molar-refractivity contribution in [3.05, 3.63) is 82.4 Å². The van der Waals surface area contributed by atoms with Gasteiger partial charge in [-0.25, -0.2) is 9.37 Å². The Hall–Kier alpha value is -4.41. The van der Waals surface area contributed by atoms with Gasteiger partial charge in [0.25, 0.3) is 0 Å². The average molecular weight is 554 g/mol. The van der Waals surface area contributed by atoms with E-state index >= 15 is 4.39 Å². The molecule has 6 rings (SSSR count). The van der Waals surface area contributed by atoms with Crippen LogP contribution in [0.25, 0.3) is 22.5 Å². The summed E-state index contributed by atoms with van der Waals surface area (Å²) in [6.45, 7) is 1.97. The lowest BCUT2D eigenvalue weighted by molar-refractivity contribution is -0.138. The van der Waals surface area contributed by atoms with Gasteiger partial charge in [-0.2, -0.15) is 18.3 Å². The predicted octanol–water partition coefficient (Wildman–Crippen LogP) is 6.62. The molecule has 1 aromatic heterocycles. The summed E-state index contributed by atoms with van der Waals surface area (Å²) >= 11 is 0. The first-order chi connectivity index (χ1) is 19.1. The number of aryl methyl sites for hydroxylation is 1. The molecule has 3 aromatic carbocycles. The maximum absolute atomic E-state index is 15.3. The molecule has 1 aliphatic carbocycles. The molecular weight excluding hydrogens is 530 g/mol. The highest BCUT2D eigenvalue weighted by Gasteiger charge is 2.40. The van der Waals surface area contributed by atoms with E-state index in [2.05, 4.69) is 15.2 Å². The van der Waals surface area contributed by atoms with E-state index in [1.807, 2.05) is 0 Å². The van der Waals surface area contributed by atoms with E-state index in [0.29, 0.717) is 40.3 Å². The number of carboxylic acids is 1. The maximum atomic E-state index is 15.3. The topological polar surface area (TPSA) is 97.3 Å². The van der Waals surface area contributed by atoms with Gasteiger partial charge in [0.05, 0.1) is 18.6 Å². The molecule has 0 fully saturated rings. The second-order valence-electron chi connectivity index (χ2n) is 9.94. The number of fused-ring (bicyclic) bond motifs is 2. The number of aliphatic carboxylic acids is 1. The fourth-order valence-corrected chi connectivity index (χ4v) is 5.55. The molecule has 2 aliphatic rings. The zero-order chi connectivity index (χ0) is 28.2. The molecule has 0 radical (unpaired) electrons. The van der Waals surface area contributed by atoms with Gasteiger partial charge in [-0.05, 0) is 48.6 Å². The number of carbonyl (C=O) groups is 1. The van der Waals surface area contributed by atoms with Gasteiger partial charge in [-0.15, -0.1) is 0 Å². The van der Waals surface area contributed by atoms with Crippen LogP contribution in [0.15, 0.2) is 48.5 Å². The van der Waals surface area contributed by atoms with Crippen molar-refractivity contribution in [3.8, 4) is 34.0 Å². The zero-order valence-corrected chi connectivity index (χ0v) is 21.2. The molecule has 40 heavy (non-hydrogen) atoms. The number of H-pyrrole nitrogens is 1. The molecule has 2 heterocycles. The van der Waals surface area contributed by atoms with E-state index in [1.54, 1.807) is 49.4 Å². The molecule has 2 unspecified atom stereocenters. The normalized spacial score (nSPS) is 17.8. The Morgan fingerprint density at radius 2 is 1.90 bits per heavy atom. The average Bonchev–Trinajstić information content (AvgIpc) is 3.63. The number of benzene rings is 3. The SMILES string of the molecule is Cc1nc(-c2ccc(-c3c(C(F)(F)F)cc(F)c4c3CCC4Oc3ccc4c(c3)OCC4CC(=O)O)cc2)n[nH]1. The molecule has 4 aromatic rings. The minimum Gasteiger partial charge on any atom is -0.492 e. The van der Waals surface area contributed by atoms with Gasteiger partial charge < -0.3 is 14.6 Å². The van der Waals surface area contributed by atoms with Crippen molar-refractivity contribution in [3.63, 3.8) is 0 Å². The number of nitrogens with zero attached hydrogens (tertiary/aromatic N) is 2. The quantitative estimate of drug-likeness (QED) is 0.261. The van der Waals surface area contributed by atoms with Crippen LogP contribution in [0.3, 0.4) is 0 Å². The number of ether oxygens (including phenoxy) is 2. The summed E-state index contributed by atoms with van der Waals surface area (Å²) in [7, 11) is 0.